The number of benzene rings is 2. The monoisotopic (exact) mass is 645 g/mol. The normalized spacial score (nSPS) is 15.7. The predicted molar refractivity (Wildman–Crippen MR) is 180 cm³/mol. The van der Waals surface area contributed by atoms with Crippen LogP contribution in [0.2, 0.25) is 5.02 Å². The SMILES string of the molecule is CC(C)(C)OC(=O)N[C@@H](Cc1ccc(OCCCCN2CCC(=C3c4ccc(Cl)cc4CCc4cccnc43)CC2)cc1)C(=O)O. The van der Waals surface area contributed by atoms with Gasteiger partial charge in [-0.3, -0.25) is 4.98 Å². The molecule has 5 rings (SSSR count). The number of aromatic nitrogens is 1. The highest BCUT2D eigenvalue weighted by Gasteiger charge is 2.26. The summed E-state index contributed by atoms with van der Waals surface area (Å²) >= 11 is 6.38. The highest BCUT2D eigenvalue weighted by Crippen LogP contribution is 2.38. The second kappa shape index (κ2) is 15.1. The van der Waals surface area contributed by atoms with Gasteiger partial charge in [-0.1, -0.05) is 41.4 Å². The van der Waals surface area contributed by atoms with Gasteiger partial charge in [0.2, 0.25) is 0 Å². The summed E-state index contributed by atoms with van der Waals surface area (Å²) in [4.78, 5) is 31.1. The Balaban J connectivity index is 1.08. The third kappa shape index (κ3) is 9.10. The first-order valence-corrected chi connectivity index (χ1v) is 16.5. The van der Waals surface area contributed by atoms with Gasteiger partial charge >= 0.3 is 12.1 Å². The van der Waals surface area contributed by atoms with Crippen LogP contribution in [0.5, 0.6) is 5.75 Å². The number of pyridine rings is 1. The first-order chi connectivity index (χ1) is 22.1. The zero-order valence-corrected chi connectivity index (χ0v) is 27.7. The van der Waals surface area contributed by atoms with Gasteiger partial charge in [-0.15, -0.1) is 0 Å². The van der Waals surface area contributed by atoms with E-state index in [4.69, 9.17) is 26.1 Å². The maximum absolute atomic E-state index is 12.0. The summed E-state index contributed by atoms with van der Waals surface area (Å²) in [7, 11) is 0. The van der Waals surface area contributed by atoms with E-state index in [0.717, 1.165) is 80.2 Å². The molecule has 8 nitrogen and oxygen atoms in total. The molecule has 2 aliphatic rings. The van der Waals surface area contributed by atoms with Gasteiger partial charge in [-0.2, -0.15) is 0 Å². The smallest absolute Gasteiger partial charge is 0.408 e. The van der Waals surface area contributed by atoms with Crippen molar-refractivity contribution < 1.29 is 24.2 Å². The van der Waals surface area contributed by atoms with Gasteiger partial charge in [0.05, 0.1) is 12.3 Å². The minimum absolute atomic E-state index is 0.146. The minimum atomic E-state index is -1.12. The van der Waals surface area contributed by atoms with Gasteiger partial charge in [0.15, 0.2) is 0 Å². The van der Waals surface area contributed by atoms with Crippen molar-refractivity contribution in [1.29, 1.82) is 0 Å². The first-order valence-electron chi connectivity index (χ1n) is 16.2. The van der Waals surface area contributed by atoms with Crippen molar-refractivity contribution >= 4 is 29.2 Å². The Morgan fingerprint density at radius 2 is 1.74 bits per heavy atom. The number of hydrogen-bond donors (Lipinski definition) is 2. The molecule has 1 atom stereocenters. The zero-order valence-electron chi connectivity index (χ0n) is 27.0. The molecular weight excluding hydrogens is 602 g/mol. The number of rotatable bonds is 10. The fourth-order valence-corrected chi connectivity index (χ4v) is 6.36. The fourth-order valence-electron chi connectivity index (χ4n) is 6.16. The summed E-state index contributed by atoms with van der Waals surface area (Å²) in [5, 5.41) is 12.8. The number of carboxylic acid groups (broad SMARTS) is 1. The van der Waals surface area contributed by atoms with Crippen LogP contribution in [0.25, 0.3) is 5.57 Å². The molecule has 0 saturated carbocycles. The van der Waals surface area contributed by atoms with E-state index in [-0.39, 0.29) is 6.42 Å². The molecular formula is C37H44ClN3O5. The van der Waals surface area contributed by atoms with Crippen LogP contribution in [-0.4, -0.2) is 64.9 Å². The Hall–Kier alpha value is -3.88. The Kier molecular flexibility index (Phi) is 11.0. The van der Waals surface area contributed by atoms with Crippen LogP contribution in [0.15, 0.2) is 66.4 Å². The number of carbonyl (C=O) groups excluding carboxylic acids is 1. The molecule has 46 heavy (non-hydrogen) atoms. The van der Waals surface area contributed by atoms with Crippen LogP contribution < -0.4 is 10.1 Å². The van der Waals surface area contributed by atoms with E-state index in [0.29, 0.717) is 6.61 Å². The van der Waals surface area contributed by atoms with Crippen LogP contribution in [0, 0.1) is 0 Å². The van der Waals surface area contributed by atoms with E-state index in [2.05, 4.69) is 28.4 Å². The maximum Gasteiger partial charge on any atom is 0.408 e. The second-order valence-corrected chi connectivity index (χ2v) is 13.5. The fraction of sp³-hybridized carbons (Fsp3) is 0.432. The molecule has 2 heterocycles. The number of aliphatic carboxylic acids is 1. The molecule has 1 amide bonds. The third-order valence-corrected chi connectivity index (χ3v) is 8.67. The number of unbranched alkanes of at least 4 members (excludes halogenated alkanes) is 1. The molecule has 1 aliphatic heterocycles. The standard InChI is InChI=1S/C37H44ClN3O5/c1-37(2,3)46-36(44)40-32(35(42)43)23-25-8-13-30(14-9-25)45-22-5-4-19-41-20-16-26(17-21-41)33-31-15-12-29(38)24-28(31)11-10-27-7-6-18-39-34(27)33/h6-9,12-15,18,24,32H,4-5,10-11,16-17,19-23H2,1-3H3,(H,40,44)(H,42,43)/t32-/m0/s1. The predicted octanol–water partition coefficient (Wildman–Crippen LogP) is 7.11. The van der Waals surface area contributed by atoms with Crippen LogP contribution in [0.4, 0.5) is 4.79 Å². The van der Waals surface area contributed by atoms with Gasteiger partial charge in [0.25, 0.3) is 0 Å². The molecule has 244 valence electrons. The van der Waals surface area contributed by atoms with E-state index < -0.39 is 23.7 Å². The summed E-state index contributed by atoms with van der Waals surface area (Å²) < 4.78 is 11.2. The maximum atomic E-state index is 12.0. The van der Waals surface area contributed by atoms with Crippen molar-refractivity contribution in [1.82, 2.24) is 15.2 Å². The summed E-state index contributed by atoms with van der Waals surface area (Å²) in [5.74, 6) is -0.376. The van der Waals surface area contributed by atoms with E-state index in [1.54, 1.807) is 20.8 Å². The molecule has 0 unspecified atom stereocenters. The van der Waals surface area contributed by atoms with Crippen molar-refractivity contribution in [3.63, 3.8) is 0 Å². The Morgan fingerprint density at radius 3 is 2.46 bits per heavy atom. The Morgan fingerprint density at radius 1 is 1.00 bits per heavy atom. The van der Waals surface area contributed by atoms with Gasteiger partial charge in [0.1, 0.15) is 17.4 Å². The van der Waals surface area contributed by atoms with Crippen molar-refractivity contribution in [2.75, 3.05) is 26.2 Å². The molecule has 1 aromatic heterocycles. The molecule has 0 bridgehead atoms. The Bertz CT molecular complexity index is 1550. The summed E-state index contributed by atoms with van der Waals surface area (Å²) in [6.45, 7) is 8.91. The average molecular weight is 646 g/mol. The van der Waals surface area contributed by atoms with Crippen molar-refractivity contribution in [3.8, 4) is 5.75 Å². The van der Waals surface area contributed by atoms with Gasteiger partial charge in [0, 0.05) is 36.3 Å². The molecule has 1 aliphatic carbocycles. The lowest BCUT2D eigenvalue weighted by Gasteiger charge is -2.30. The van der Waals surface area contributed by atoms with Crippen molar-refractivity contribution in [2.24, 2.45) is 0 Å². The molecule has 1 saturated heterocycles. The number of nitrogens with one attached hydrogen (secondary N) is 1. The number of halogens is 1. The number of likely N-dealkylation sites (tertiary alicyclic amines) is 1. The number of nitrogens with zero attached hydrogens (tertiary/aromatic N) is 2. The van der Waals surface area contributed by atoms with E-state index in [1.807, 2.05) is 42.6 Å². The highest BCUT2D eigenvalue weighted by atomic mass is 35.5. The van der Waals surface area contributed by atoms with Crippen LogP contribution in [0.1, 0.15) is 74.4 Å². The van der Waals surface area contributed by atoms with E-state index in [1.165, 1.54) is 27.8 Å². The summed E-state index contributed by atoms with van der Waals surface area (Å²) in [5.41, 5.74) is 7.93. The summed E-state index contributed by atoms with van der Waals surface area (Å²) in [6.07, 6.45) is 7.32. The number of fused-ring (bicyclic) bond motifs is 2. The van der Waals surface area contributed by atoms with E-state index >= 15 is 0 Å². The number of aryl methyl sites for hydroxylation is 2. The molecule has 0 spiro atoms. The van der Waals surface area contributed by atoms with Crippen LogP contribution in [-0.2, 0) is 28.8 Å². The molecule has 2 N–H and O–H groups in total. The highest BCUT2D eigenvalue weighted by molar-refractivity contribution is 6.30. The van der Waals surface area contributed by atoms with Gasteiger partial charge in [-0.05, 0) is 118 Å². The molecule has 2 aromatic carbocycles. The molecule has 3 aromatic rings. The molecule has 1 fully saturated rings. The number of hydrogen-bond acceptors (Lipinski definition) is 6. The second-order valence-electron chi connectivity index (χ2n) is 13.1. The lowest BCUT2D eigenvalue weighted by Crippen LogP contribution is -2.44. The lowest BCUT2D eigenvalue weighted by atomic mass is 9.88. The lowest BCUT2D eigenvalue weighted by molar-refractivity contribution is -0.139. The number of piperidine rings is 1. The van der Waals surface area contributed by atoms with Crippen molar-refractivity contribution in [3.05, 3.63) is 99.3 Å². The molecule has 0 radical (unpaired) electrons. The number of alkyl carbamates (subject to hydrolysis) is 1. The minimum Gasteiger partial charge on any atom is -0.494 e. The number of carboxylic acids is 1. The topological polar surface area (TPSA) is 101 Å². The average Bonchev–Trinajstić information content (AvgIpc) is 3.17. The quantitative estimate of drug-likeness (QED) is 0.227. The largest absolute Gasteiger partial charge is 0.494 e. The number of carbonyl (C=O) groups is 2. The first kappa shape index (κ1) is 33.5. The number of ether oxygens (including phenoxy) is 2. The van der Waals surface area contributed by atoms with Crippen LogP contribution in [0.3, 0.4) is 0 Å². The van der Waals surface area contributed by atoms with Gasteiger partial charge < -0.3 is 24.8 Å². The molecule has 9 heteroatoms. The summed E-state index contributed by atoms with van der Waals surface area (Å²) in [6, 6.07) is 16.8. The Labute approximate surface area is 276 Å². The third-order valence-electron chi connectivity index (χ3n) is 8.43. The number of amides is 1. The van der Waals surface area contributed by atoms with Gasteiger partial charge in [-0.25, -0.2) is 9.59 Å². The zero-order chi connectivity index (χ0) is 32.7. The van der Waals surface area contributed by atoms with Crippen LogP contribution >= 0.6 is 11.6 Å². The van der Waals surface area contributed by atoms with E-state index in [9.17, 15) is 14.7 Å². The van der Waals surface area contributed by atoms with Crippen molar-refractivity contribution in [2.45, 2.75) is 77.4 Å².